The molecule has 0 saturated heterocycles. The van der Waals surface area contributed by atoms with Crippen LogP contribution in [0, 0.1) is 6.92 Å². The molecule has 3 amide bonds. The fraction of sp³-hybridized carbons (Fsp3) is 0.167. The first-order valence-corrected chi connectivity index (χ1v) is 8.62. The highest BCUT2D eigenvalue weighted by Crippen LogP contribution is 2.22. The number of carbonyl (C=O) groups is 3. The van der Waals surface area contributed by atoms with E-state index in [0.717, 1.165) is 5.56 Å². The smallest absolute Gasteiger partial charge is 0.276 e. The Balaban J connectivity index is 1.71. The number of ether oxygens (including phenoxy) is 1. The van der Waals surface area contributed by atoms with Crippen LogP contribution in [0.4, 0.5) is 0 Å². The van der Waals surface area contributed by atoms with Crippen LogP contribution in [0.3, 0.4) is 0 Å². The average Bonchev–Trinajstić information content (AvgIpc) is 2.65. The van der Waals surface area contributed by atoms with Crippen LogP contribution in [-0.2, 0) is 9.59 Å². The van der Waals surface area contributed by atoms with Gasteiger partial charge in [-0.1, -0.05) is 41.4 Å². The van der Waals surface area contributed by atoms with Crippen LogP contribution in [0.1, 0.15) is 15.9 Å². The third-order valence-electron chi connectivity index (χ3n) is 3.38. The zero-order valence-electron chi connectivity index (χ0n) is 14.3. The maximum absolute atomic E-state index is 11.9. The van der Waals surface area contributed by atoms with Crippen LogP contribution in [-0.4, -0.2) is 30.9 Å². The number of hydrogen-bond acceptors (Lipinski definition) is 4. The third-order valence-corrected chi connectivity index (χ3v) is 4.12. The first kappa shape index (κ1) is 20.5. The second-order valence-corrected chi connectivity index (χ2v) is 6.28. The van der Waals surface area contributed by atoms with E-state index in [2.05, 4.69) is 16.2 Å². The van der Waals surface area contributed by atoms with E-state index in [0.29, 0.717) is 10.8 Å². The van der Waals surface area contributed by atoms with E-state index < -0.39 is 17.7 Å². The molecule has 0 atom stereocenters. The Morgan fingerprint density at radius 1 is 0.963 bits per heavy atom. The molecule has 0 spiro atoms. The fourth-order valence-corrected chi connectivity index (χ4v) is 2.28. The molecule has 0 radical (unpaired) electrons. The number of nitrogens with one attached hydrogen (secondary N) is 3. The van der Waals surface area contributed by atoms with Crippen molar-refractivity contribution >= 4 is 40.9 Å². The molecule has 142 valence electrons. The highest BCUT2D eigenvalue weighted by molar-refractivity contribution is 6.42. The number of aryl methyl sites for hydroxylation is 1. The number of rotatable bonds is 6. The molecular weight excluding hydrogens is 393 g/mol. The lowest BCUT2D eigenvalue weighted by molar-refractivity contribution is -0.129. The molecule has 0 aromatic heterocycles. The molecule has 2 rings (SSSR count). The highest BCUT2D eigenvalue weighted by atomic mass is 35.5. The number of hydrazine groups is 1. The molecule has 0 saturated carbocycles. The van der Waals surface area contributed by atoms with Crippen LogP contribution >= 0.6 is 23.2 Å². The Labute approximate surface area is 166 Å². The van der Waals surface area contributed by atoms with Gasteiger partial charge < -0.3 is 10.1 Å². The van der Waals surface area contributed by atoms with Crippen molar-refractivity contribution in [2.24, 2.45) is 0 Å². The molecular formula is C18H17Cl2N3O4. The first-order chi connectivity index (χ1) is 12.9. The fourth-order valence-electron chi connectivity index (χ4n) is 1.98. The van der Waals surface area contributed by atoms with Gasteiger partial charge in [-0.2, -0.15) is 0 Å². The van der Waals surface area contributed by atoms with Gasteiger partial charge in [0.05, 0.1) is 16.6 Å². The molecule has 0 bridgehead atoms. The molecule has 2 aromatic carbocycles. The van der Waals surface area contributed by atoms with Gasteiger partial charge in [-0.3, -0.25) is 25.2 Å². The van der Waals surface area contributed by atoms with Crippen molar-refractivity contribution in [1.29, 1.82) is 0 Å². The maximum atomic E-state index is 11.9. The van der Waals surface area contributed by atoms with Crippen molar-refractivity contribution < 1.29 is 19.1 Å². The van der Waals surface area contributed by atoms with Crippen LogP contribution in [0.15, 0.2) is 42.5 Å². The van der Waals surface area contributed by atoms with Gasteiger partial charge in [0.2, 0.25) is 0 Å². The molecule has 2 aromatic rings. The lowest BCUT2D eigenvalue weighted by Gasteiger charge is -2.10. The van der Waals surface area contributed by atoms with Crippen molar-refractivity contribution in [3.05, 3.63) is 63.6 Å². The summed E-state index contributed by atoms with van der Waals surface area (Å²) in [6, 6.07) is 11.6. The van der Waals surface area contributed by atoms with Gasteiger partial charge in [-0.05, 0) is 36.8 Å². The highest BCUT2D eigenvalue weighted by Gasteiger charge is 2.11. The summed E-state index contributed by atoms with van der Waals surface area (Å²) in [6.45, 7) is 1.25. The van der Waals surface area contributed by atoms with Gasteiger partial charge >= 0.3 is 0 Å². The van der Waals surface area contributed by atoms with E-state index in [1.807, 2.05) is 19.1 Å². The van der Waals surface area contributed by atoms with Crippen LogP contribution in [0.5, 0.6) is 5.75 Å². The number of carbonyl (C=O) groups excluding carboxylic acids is 3. The average molecular weight is 410 g/mol. The Bertz CT molecular complexity index is 858. The lowest BCUT2D eigenvalue weighted by Crippen LogP contribution is -2.47. The quantitative estimate of drug-likeness (QED) is 0.637. The monoisotopic (exact) mass is 409 g/mol. The zero-order chi connectivity index (χ0) is 19.8. The Kier molecular flexibility index (Phi) is 7.45. The molecule has 0 aliphatic rings. The van der Waals surface area contributed by atoms with Gasteiger partial charge in [0, 0.05) is 5.56 Å². The standard InChI is InChI=1S/C18H17Cl2N3O4/c1-11-4-2-3-5-15(11)27-10-17(25)23-22-16(24)9-21-18(26)12-6-7-13(19)14(20)8-12/h2-8H,9-10H2,1H3,(H,21,26)(H,22,24)(H,23,25). The summed E-state index contributed by atoms with van der Waals surface area (Å²) >= 11 is 11.6. The van der Waals surface area contributed by atoms with Gasteiger partial charge in [-0.15, -0.1) is 0 Å². The Morgan fingerprint density at radius 2 is 1.67 bits per heavy atom. The molecule has 0 aliphatic heterocycles. The van der Waals surface area contributed by atoms with Gasteiger partial charge in [-0.25, -0.2) is 0 Å². The molecule has 0 heterocycles. The van der Waals surface area contributed by atoms with E-state index in [9.17, 15) is 14.4 Å². The second-order valence-electron chi connectivity index (χ2n) is 5.46. The summed E-state index contributed by atoms with van der Waals surface area (Å²) < 4.78 is 5.35. The molecule has 0 aliphatic carbocycles. The number of hydrogen-bond donors (Lipinski definition) is 3. The Hall–Kier alpha value is -2.77. The maximum Gasteiger partial charge on any atom is 0.276 e. The molecule has 0 fully saturated rings. The summed E-state index contributed by atoms with van der Waals surface area (Å²) in [5.41, 5.74) is 5.52. The normalized spacial score (nSPS) is 10.0. The SMILES string of the molecule is Cc1ccccc1OCC(=O)NNC(=O)CNC(=O)c1ccc(Cl)c(Cl)c1. The topological polar surface area (TPSA) is 96.5 Å². The van der Waals surface area contributed by atoms with Gasteiger partial charge in [0.25, 0.3) is 17.7 Å². The predicted molar refractivity (Wildman–Crippen MR) is 102 cm³/mol. The van der Waals surface area contributed by atoms with Crippen LogP contribution in [0.25, 0.3) is 0 Å². The van der Waals surface area contributed by atoms with E-state index in [1.165, 1.54) is 18.2 Å². The first-order valence-electron chi connectivity index (χ1n) is 7.86. The number of benzene rings is 2. The van der Waals surface area contributed by atoms with E-state index in [1.54, 1.807) is 12.1 Å². The molecule has 27 heavy (non-hydrogen) atoms. The largest absolute Gasteiger partial charge is 0.483 e. The summed E-state index contributed by atoms with van der Waals surface area (Å²) in [4.78, 5) is 35.3. The molecule has 0 unspecified atom stereocenters. The van der Waals surface area contributed by atoms with Gasteiger partial charge in [0.15, 0.2) is 6.61 Å². The van der Waals surface area contributed by atoms with Gasteiger partial charge in [0.1, 0.15) is 5.75 Å². The van der Waals surface area contributed by atoms with Crippen LogP contribution in [0.2, 0.25) is 10.0 Å². The number of para-hydroxylation sites is 1. The molecule has 7 nitrogen and oxygen atoms in total. The van der Waals surface area contributed by atoms with Crippen molar-refractivity contribution in [2.75, 3.05) is 13.2 Å². The summed E-state index contributed by atoms with van der Waals surface area (Å²) in [5, 5.41) is 2.95. The minimum absolute atomic E-state index is 0.231. The number of amides is 3. The predicted octanol–water partition coefficient (Wildman–Crippen LogP) is 2.26. The van der Waals surface area contributed by atoms with Crippen molar-refractivity contribution in [1.82, 2.24) is 16.2 Å². The third kappa shape index (κ3) is 6.47. The minimum atomic E-state index is -0.604. The summed E-state index contributed by atoms with van der Waals surface area (Å²) in [6.07, 6.45) is 0. The minimum Gasteiger partial charge on any atom is -0.483 e. The lowest BCUT2D eigenvalue weighted by atomic mass is 10.2. The second kappa shape index (κ2) is 9.80. The van der Waals surface area contributed by atoms with Crippen molar-refractivity contribution in [2.45, 2.75) is 6.92 Å². The van der Waals surface area contributed by atoms with E-state index >= 15 is 0 Å². The summed E-state index contributed by atoms with van der Waals surface area (Å²) in [7, 11) is 0. The van der Waals surface area contributed by atoms with Crippen molar-refractivity contribution in [3.8, 4) is 5.75 Å². The van der Waals surface area contributed by atoms with Crippen molar-refractivity contribution in [3.63, 3.8) is 0 Å². The van der Waals surface area contributed by atoms with E-state index in [-0.39, 0.29) is 23.7 Å². The van der Waals surface area contributed by atoms with Crippen LogP contribution < -0.4 is 20.9 Å². The zero-order valence-corrected chi connectivity index (χ0v) is 15.9. The Morgan fingerprint density at radius 3 is 2.37 bits per heavy atom. The molecule has 9 heteroatoms. The van der Waals surface area contributed by atoms with E-state index in [4.69, 9.17) is 27.9 Å². The number of halogens is 2. The summed E-state index contributed by atoms with van der Waals surface area (Å²) in [5.74, 6) is -1.07. The molecule has 3 N–H and O–H groups in total.